The number of amides is 1. The van der Waals surface area contributed by atoms with E-state index in [0.29, 0.717) is 12.2 Å². The Hall–Kier alpha value is -3.34. The fourth-order valence-electron chi connectivity index (χ4n) is 3.74. The second-order valence-corrected chi connectivity index (χ2v) is 7.68. The molecule has 0 aliphatic rings. The minimum Gasteiger partial charge on any atom is -0.497 e. The van der Waals surface area contributed by atoms with Gasteiger partial charge in [0, 0.05) is 24.5 Å². The molecule has 156 valence electrons. The van der Waals surface area contributed by atoms with Crippen LogP contribution in [0.5, 0.6) is 5.75 Å². The van der Waals surface area contributed by atoms with E-state index >= 15 is 0 Å². The minimum atomic E-state index is -0.0902. The van der Waals surface area contributed by atoms with Crippen LogP contribution in [0.25, 0.3) is 0 Å². The molecule has 1 N–H and O–H groups in total. The van der Waals surface area contributed by atoms with Crippen LogP contribution in [0.15, 0.2) is 54.9 Å². The number of pyridine rings is 1. The van der Waals surface area contributed by atoms with E-state index in [1.807, 2.05) is 24.3 Å². The fourth-order valence-corrected chi connectivity index (χ4v) is 3.74. The van der Waals surface area contributed by atoms with Crippen LogP contribution in [-0.4, -0.2) is 24.5 Å². The number of aryl methyl sites for hydroxylation is 4. The Morgan fingerprint density at radius 2 is 1.77 bits per heavy atom. The van der Waals surface area contributed by atoms with Crippen LogP contribution in [0.3, 0.4) is 0 Å². The van der Waals surface area contributed by atoms with Gasteiger partial charge in [0.1, 0.15) is 5.75 Å². The summed E-state index contributed by atoms with van der Waals surface area (Å²) in [7, 11) is 1.65. The van der Waals surface area contributed by atoms with Crippen molar-refractivity contribution in [3.63, 3.8) is 0 Å². The third-order valence-corrected chi connectivity index (χ3v) is 5.23. The van der Waals surface area contributed by atoms with Crippen LogP contribution in [-0.2, 0) is 11.3 Å². The van der Waals surface area contributed by atoms with E-state index in [1.54, 1.807) is 25.6 Å². The van der Waals surface area contributed by atoms with Gasteiger partial charge in [0.25, 0.3) is 0 Å². The summed E-state index contributed by atoms with van der Waals surface area (Å²) in [5, 5.41) is 2.94. The number of benzene rings is 2. The summed E-state index contributed by atoms with van der Waals surface area (Å²) in [5.74, 6) is 0.679. The van der Waals surface area contributed by atoms with Crippen LogP contribution in [0.2, 0.25) is 0 Å². The molecule has 0 aliphatic heterocycles. The summed E-state index contributed by atoms with van der Waals surface area (Å²) in [4.78, 5) is 19.0. The van der Waals surface area contributed by atoms with Gasteiger partial charge in [0.05, 0.1) is 25.5 Å². The van der Waals surface area contributed by atoms with Crippen LogP contribution < -0.4 is 15.0 Å². The molecule has 1 amide bonds. The van der Waals surface area contributed by atoms with Crippen molar-refractivity contribution < 1.29 is 9.53 Å². The molecule has 1 aromatic heterocycles. The Kier molecular flexibility index (Phi) is 6.72. The van der Waals surface area contributed by atoms with Gasteiger partial charge in [0.2, 0.25) is 5.91 Å². The Morgan fingerprint density at radius 3 is 2.40 bits per heavy atom. The molecule has 3 aromatic rings. The molecule has 0 aliphatic carbocycles. The van der Waals surface area contributed by atoms with Gasteiger partial charge in [-0.3, -0.25) is 9.78 Å². The minimum absolute atomic E-state index is 0.0902. The maximum absolute atomic E-state index is 12.9. The van der Waals surface area contributed by atoms with E-state index in [4.69, 9.17) is 4.74 Å². The van der Waals surface area contributed by atoms with Gasteiger partial charge in [-0.25, -0.2) is 0 Å². The van der Waals surface area contributed by atoms with Crippen molar-refractivity contribution >= 4 is 17.3 Å². The largest absolute Gasteiger partial charge is 0.497 e. The van der Waals surface area contributed by atoms with Crippen molar-refractivity contribution in [3.05, 3.63) is 82.7 Å². The molecule has 1 heterocycles. The maximum Gasteiger partial charge on any atom is 0.243 e. The lowest BCUT2D eigenvalue weighted by Gasteiger charge is -2.28. The highest BCUT2D eigenvalue weighted by atomic mass is 16.5. The molecule has 0 saturated heterocycles. The molecule has 0 radical (unpaired) electrons. The SMILES string of the molecule is COc1ccc(C)c(N(CC(=O)Nc2cccnc2)Cc2c(C)cc(C)cc2C)c1. The molecular formula is C25H29N3O2. The Morgan fingerprint density at radius 1 is 1.03 bits per heavy atom. The van der Waals surface area contributed by atoms with E-state index < -0.39 is 0 Å². The van der Waals surface area contributed by atoms with Crippen molar-refractivity contribution in [2.45, 2.75) is 34.2 Å². The number of hydrogen-bond donors (Lipinski definition) is 1. The van der Waals surface area contributed by atoms with Crippen molar-refractivity contribution in [1.29, 1.82) is 0 Å². The van der Waals surface area contributed by atoms with Gasteiger partial charge in [-0.15, -0.1) is 0 Å². The Bertz CT molecular complexity index is 1010. The number of rotatable bonds is 7. The number of ether oxygens (including phenoxy) is 1. The molecule has 0 fully saturated rings. The molecule has 2 aromatic carbocycles. The average molecular weight is 404 g/mol. The number of carbonyl (C=O) groups excluding carboxylic acids is 1. The lowest BCUT2D eigenvalue weighted by molar-refractivity contribution is -0.115. The summed E-state index contributed by atoms with van der Waals surface area (Å²) in [6.45, 7) is 9.26. The molecule has 5 nitrogen and oxygen atoms in total. The van der Waals surface area contributed by atoms with Crippen molar-refractivity contribution in [2.75, 3.05) is 23.9 Å². The molecule has 0 spiro atoms. The molecule has 5 heteroatoms. The third-order valence-electron chi connectivity index (χ3n) is 5.23. The second kappa shape index (κ2) is 9.44. The van der Waals surface area contributed by atoms with Crippen molar-refractivity contribution in [1.82, 2.24) is 4.98 Å². The number of hydrogen-bond acceptors (Lipinski definition) is 4. The predicted octanol–water partition coefficient (Wildman–Crippen LogP) is 4.97. The highest BCUT2D eigenvalue weighted by Gasteiger charge is 2.18. The summed E-state index contributed by atoms with van der Waals surface area (Å²) in [5.41, 5.74) is 7.69. The molecule has 0 saturated carbocycles. The van der Waals surface area contributed by atoms with E-state index in [1.165, 1.54) is 22.3 Å². The smallest absolute Gasteiger partial charge is 0.243 e. The van der Waals surface area contributed by atoms with Crippen LogP contribution in [0, 0.1) is 27.7 Å². The molecule has 30 heavy (non-hydrogen) atoms. The molecule has 3 rings (SSSR count). The molecule has 0 bridgehead atoms. The second-order valence-electron chi connectivity index (χ2n) is 7.68. The summed E-state index contributed by atoms with van der Waals surface area (Å²) >= 11 is 0. The zero-order valence-electron chi connectivity index (χ0n) is 18.3. The maximum atomic E-state index is 12.9. The Balaban J connectivity index is 1.94. The van der Waals surface area contributed by atoms with E-state index in [-0.39, 0.29) is 12.5 Å². The highest BCUT2D eigenvalue weighted by molar-refractivity contribution is 5.94. The number of aromatic nitrogens is 1. The fraction of sp³-hybridized carbons (Fsp3) is 0.280. The molecule has 0 unspecified atom stereocenters. The number of methoxy groups -OCH3 is 1. The molecular weight excluding hydrogens is 374 g/mol. The lowest BCUT2D eigenvalue weighted by atomic mass is 9.99. The first kappa shape index (κ1) is 21.4. The number of nitrogens with one attached hydrogen (secondary N) is 1. The highest BCUT2D eigenvalue weighted by Crippen LogP contribution is 2.28. The third kappa shape index (κ3) is 5.17. The zero-order chi connectivity index (χ0) is 21.7. The first-order valence-corrected chi connectivity index (χ1v) is 10.0. The van der Waals surface area contributed by atoms with Crippen LogP contribution in [0.4, 0.5) is 11.4 Å². The standard InChI is InChI=1S/C25H29N3O2/c1-17-11-19(3)23(20(4)12-17)15-28(24-13-22(30-5)9-8-18(24)2)16-25(29)27-21-7-6-10-26-14-21/h6-14H,15-16H2,1-5H3,(H,27,29). The van der Waals surface area contributed by atoms with Gasteiger partial charge in [-0.1, -0.05) is 23.8 Å². The predicted molar refractivity (Wildman–Crippen MR) is 122 cm³/mol. The quantitative estimate of drug-likeness (QED) is 0.605. The van der Waals surface area contributed by atoms with Gasteiger partial charge < -0.3 is 15.0 Å². The van der Waals surface area contributed by atoms with Gasteiger partial charge in [0.15, 0.2) is 0 Å². The van der Waals surface area contributed by atoms with E-state index in [0.717, 1.165) is 17.0 Å². The summed E-state index contributed by atoms with van der Waals surface area (Å²) in [6, 6.07) is 14.0. The normalized spacial score (nSPS) is 10.6. The van der Waals surface area contributed by atoms with Crippen molar-refractivity contribution in [2.24, 2.45) is 0 Å². The van der Waals surface area contributed by atoms with E-state index in [2.05, 4.69) is 55.0 Å². The first-order chi connectivity index (χ1) is 14.4. The topological polar surface area (TPSA) is 54.5 Å². The van der Waals surface area contributed by atoms with E-state index in [9.17, 15) is 4.79 Å². The first-order valence-electron chi connectivity index (χ1n) is 10.0. The van der Waals surface area contributed by atoms with Crippen LogP contribution >= 0.6 is 0 Å². The molecule has 0 atom stereocenters. The van der Waals surface area contributed by atoms with Gasteiger partial charge in [-0.05, 0) is 68.1 Å². The number of carbonyl (C=O) groups is 1. The zero-order valence-corrected chi connectivity index (χ0v) is 18.3. The number of anilines is 2. The average Bonchev–Trinajstić information content (AvgIpc) is 2.71. The van der Waals surface area contributed by atoms with Crippen molar-refractivity contribution in [3.8, 4) is 5.75 Å². The summed E-state index contributed by atoms with van der Waals surface area (Å²) < 4.78 is 5.44. The van der Waals surface area contributed by atoms with Crippen LogP contribution in [0.1, 0.15) is 27.8 Å². The van der Waals surface area contributed by atoms with Gasteiger partial charge in [-0.2, -0.15) is 0 Å². The monoisotopic (exact) mass is 403 g/mol. The summed E-state index contributed by atoms with van der Waals surface area (Å²) in [6.07, 6.45) is 3.33. The number of nitrogens with zero attached hydrogens (tertiary/aromatic N) is 2. The lowest BCUT2D eigenvalue weighted by Crippen LogP contribution is -2.34. The van der Waals surface area contributed by atoms with Gasteiger partial charge >= 0.3 is 0 Å². The Labute approximate surface area is 178 Å².